The number of carbonyl (C=O) groups is 2. The largest absolute Gasteiger partial charge is 0.354 e. The lowest BCUT2D eigenvalue weighted by Gasteiger charge is -2.28. The van der Waals surface area contributed by atoms with E-state index in [1.54, 1.807) is 12.4 Å². The van der Waals surface area contributed by atoms with Crippen molar-refractivity contribution in [3.05, 3.63) is 53.9 Å². The van der Waals surface area contributed by atoms with Gasteiger partial charge in [0.2, 0.25) is 5.91 Å². The summed E-state index contributed by atoms with van der Waals surface area (Å²) in [5, 5.41) is 5.85. The highest BCUT2D eigenvalue weighted by atomic mass is 16.2. The van der Waals surface area contributed by atoms with Crippen molar-refractivity contribution in [1.82, 2.24) is 15.6 Å². The van der Waals surface area contributed by atoms with Crippen LogP contribution in [0.5, 0.6) is 0 Å². The number of aryl methyl sites for hydroxylation is 1. The van der Waals surface area contributed by atoms with E-state index in [0.717, 1.165) is 29.5 Å². The van der Waals surface area contributed by atoms with Crippen LogP contribution in [0.3, 0.4) is 0 Å². The second kappa shape index (κ2) is 7.68. The molecule has 0 atom stereocenters. The lowest BCUT2D eigenvalue weighted by Crippen LogP contribution is -2.57. The molecule has 2 amide bonds. The molecule has 0 spiro atoms. The van der Waals surface area contributed by atoms with Crippen LogP contribution in [0.25, 0.3) is 11.1 Å². The lowest BCUT2D eigenvalue weighted by molar-refractivity contribution is -0.127. The van der Waals surface area contributed by atoms with Gasteiger partial charge in [0.25, 0.3) is 5.91 Å². The second-order valence-corrected chi connectivity index (χ2v) is 6.93. The van der Waals surface area contributed by atoms with Crippen LogP contribution in [0, 0.1) is 6.92 Å². The molecule has 1 aromatic heterocycles. The van der Waals surface area contributed by atoms with Gasteiger partial charge in [0.05, 0.1) is 5.56 Å². The Bertz CT molecular complexity index is 810. The molecule has 2 N–H and O–H groups in total. The highest BCUT2D eigenvalue weighted by Gasteiger charge is 2.42. The number of nitrogens with zero attached hydrogens (tertiary/aromatic N) is 1. The summed E-state index contributed by atoms with van der Waals surface area (Å²) < 4.78 is 0. The fraction of sp³-hybridized carbons (Fsp3) is 0.381. The number of benzene rings is 1. The van der Waals surface area contributed by atoms with Gasteiger partial charge in [-0.05, 0) is 38.3 Å². The first kappa shape index (κ1) is 18.1. The molecule has 5 heteroatoms. The van der Waals surface area contributed by atoms with Crippen LogP contribution >= 0.6 is 0 Å². The molecule has 136 valence electrons. The number of hydrogen-bond donors (Lipinski definition) is 2. The summed E-state index contributed by atoms with van der Waals surface area (Å²) in [7, 11) is 0. The molecule has 0 aliphatic heterocycles. The van der Waals surface area contributed by atoms with Gasteiger partial charge in [-0.25, -0.2) is 0 Å². The molecule has 3 rings (SSSR count). The zero-order valence-corrected chi connectivity index (χ0v) is 15.3. The van der Waals surface area contributed by atoms with Gasteiger partial charge in [0.15, 0.2) is 0 Å². The number of nitrogens with one attached hydrogen (secondary N) is 2. The maximum absolute atomic E-state index is 12.8. The molecular weight excluding hydrogens is 326 g/mol. The van der Waals surface area contributed by atoms with E-state index in [0.29, 0.717) is 24.9 Å². The minimum atomic E-state index is -0.799. The van der Waals surface area contributed by atoms with E-state index in [4.69, 9.17) is 0 Å². The van der Waals surface area contributed by atoms with Crippen molar-refractivity contribution in [1.29, 1.82) is 0 Å². The molecule has 1 fully saturated rings. The molecule has 1 aliphatic rings. The zero-order chi connectivity index (χ0) is 18.6. The van der Waals surface area contributed by atoms with Crippen molar-refractivity contribution in [3.63, 3.8) is 0 Å². The summed E-state index contributed by atoms with van der Waals surface area (Å²) >= 11 is 0. The Morgan fingerprint density at radius 2 is 1.88 bits per heavy atom. The van der Waals surface area contributed by atoms with Crippen LogP contribution in [0.2, 0.25) is 0 Å². The van der Waals surface area contributed by atoms with E-state index in [9.17, 15) is 9.59 Å². The van der Waals surface area contributed by atoms with Gasteiger partial charge < -0.3 is 10.6 Å². The first-order chi connectivity index (χ1) is 12.5. The number of carbonyl (C=O) groups excluding carboxylic acids is 2. The van der Waals surface area contributed by atoms with Crippen LogP contribution in [0.1, 0.15) is 48.5 Å². The van der Waals surface area contributed by atoms with Crippen LogP contribution in [-0.4, -0.2) is 28.9 Å². The first-order valence-electron chi connectivity index (χ1n) is 9.17. The third kappa shape index (κ3) is 3.77. The lowest BCUT2D eigenvalue weighted by atomic mass is 9.95. The average molecular weight is 351 g/mol. The van der Waals surface area contributed by atoms with Gasteiger partial charge in [-0.15, -0.1) is 0 Å². The van der Waals surface area contributed by atoms with Crippen LogP contribution in [0.15, 0.2) is 42.7 Å². The summed E-state index contributed by atoms with van der Waals surface area (Å²) in [4.78, 5) is 29.6. The highest BCUT2D eigenvalue weighted by molar-refractivity contribution is 5.99. The number of amides is 2. The summed E-state index contributed by atoms with van der Waals surface area (Å²) in [5.74, 6) is -0.339. The molecule has 2 aromatic rings. The SMILES string of the molecule is CCNC(=O)C1(NC(=O)c2cncc(-c3cccc(C)c3)c2)CCCC1. The minimum Gasteiger partial charge on any atom is -0.354 e. The summed E-state index contributed by atoms with van der Waals surface area (Å²) in [6, 6.07) is 9.91. The van der Waals surface area contributed by atoms with Crippen LogP contribution in [-0.2, 0) is 4.79 Å². The second-order valence-electron chi connectivity index (χ2n) is 6.93. The summed E-state index contributed by atoms with van der Waals surface area (Å²) in [6.45, 7) is 4.47. The van der Waals surface area contributed by atoms with Gasteiger partial charge in [0, 0.05) is 24.5 Å². The molecule has 1 heterocycles. The van der Waals surface area contributed by atoms with Gasteiger partial charge in [-0.3, -0.25) is 14.6 Å². The number of aromatic nitrogens is 1. The van der Waals surface area contributed by atoms with E-state index < -0.39 is 5.54 Å². The number of hydrogen-bond acceptors (Lipinski definition) is 3. The van der Waals surface area contributed by atoms with Crippen molar-refractivity contribution in [3.8, 4) is 11.1 Å². The number of likely N-dealkylation sites (N-methyl/N-ethyl adjacent to an activating group) is 1. The number of rotatable bonds is 5. The number of pyridine rings is 1. The Labute approximate surface area is 154 Å². The molecule has 5 nitrogen and oxygen atoms in total. The van der Waals surface area contributed by atoms with Gasteiger partial charge >= 0.3 is 0 Å². The molecule has 0 unspecified atom stereocenters. The van der Waals surface area contributed by atoms with Crippen LogP contribution in [0.4, 0.5) is 0 Å². The maximum atomic E-state index is 12.8. The Balaban J connectivity index is 1.83. The standard InChI is InChI=1S/C21H25N3O2/c1-3-23-20(26)21(9-4-5-10-21)24-19(25)18-12-17(13-22-14-18)16-8-6-7-15(2)11-16/h6-8,11-14H,3-5,9-10H2,1-2H3,(H,23,26)(H,24,25). The Kier molecular flexibility index (Phi) is 5.35. The monoisotopic (exact) mass is 351 g/mol. The molecular formula is C21H25N3O2. The predicted molar refractivity (Wildman–Crippen MR) is 102 cm³/mol. The van der Waals surface area contributed by atoms with E-state index in [1.807, 2.05) is 38.1 Å². The van der Waals surface area contributed by atoms with E-state index >= 15 is 0 Å². The van der Waals surface area contributed by atoms with Crippen molar-refractivity contribution in [2.75, 3.05) is 6.54 Å². The molecule has 0 radical (unpaired) electrons. The van der Waals surface area contributed by atoms with E-state index in [-0.39, 0.29) is 11.8 Å². The molecule has 0 saturated heterocycles. The Hall–Kier alpha value is -2.69. The predicted octanol–water partition coefficient (Wildman–Crippen LogP) is 3.24. The fourth-order valence-electron chi connectivity index (χ4n) is 3.55. The van der Waals surface area contributed by atoms with E-state index in [1.165, 1.54) is 0 Å². The van der Waals surface area contributed by atoms with Crippen molar-refractivity contribution >= 4 is 11.8 Å². The molecule has 26 heavy (non-hydrogen) atoms. The van der Waals surface area contributed by atoms with Gasteiger partial charge in [0.1, 0.15) is 5.54 Å². The van der Waals surface area contributed by atoms with Gasteiger partial charge in [-0.2, -0.15) is 0 Å². The summed E-state index contributed by atoms with van der Waals surface area (Å²) in [6.07, 6.45) is 6.54. The molecule has 1 aliphatic carbocycles. The maximum Gasteiger partial charge on any atom is 0.253 e. The molecule has 0 bridgehead atoms. The van der Waals surface area contributed by atoms with Crippen molar-refractivity contribution < 1.29 is 9.59 Å². The average Bonchev–Trinajstić information content (AvgIpc) is 3.12. The third-order valence-corrected chi connectivity index (χ3v) is 4.93. The van der Waals surface area contributed by atoms with Crippen LogP contribution < -0.4 is 10.6 Å². The minimum absolute atomic E-state index is 0.0892. The Morgan fingerprint density at radius 3 is 2.58 bits per heavy atom. The topological polar surface area (TPSA) is 71.1 Å². The smallest absolute Gasteiger partial charge is 0.253 e. The van der Waals surface area contributed by atoms with Gasteiger partial charge in [-0.1, -0.05) is 42.7 Å². The zero-order valence-electron chi connectivity index (χ0n) is 15.3. The summed E-state index contributed by atoms with van der Waals surface area (Å²) in [5.41, 5.74) is 2.73. The molecule has 1 saturated carbocycles. The van der Waals surface area contributed by atoms with E-state index in [2.05, 4.69) is 21.7 Å². The molecule has 1 aromatic carbocycles. The fourth-order valence-corrected chi connectivity index (χ4v) is 3.55. The van der Waals surface area contributed by atoms with Crippen molar-refractivity contribution in [2.45, 2.75) is 45.1 Å². The highest BCUT2D eigenvalue weighted by Crippen LogP contribution is 2.30. The van der Waals surface area contributed by atoms with Crippen molar-refractivity contribution in [2.24, 2.45) is 0 Å². The Morgan fingerprint density at radius 1 is 1.12 bits per heavy atom. The third-order valence-electron chi connectivity index (χ3n) is 4.93. The quantitative estimate of drug-likeness (QED) is 0.869. The normalized spacial score (nSPS) is 15.5. The first-order valence-corrected chi connectivity index (χ1v) is 9.17.